The van der Waals surface area contributed by atoms with Crippen LogP contribution in [0.5, 0.6) is 5.75 Å². The first-order valence-electron chi connectivity index (χ1n) is 7.36. The van der Waals surface area contributed by atoms with Gasteiger partial charge in [0.1, 0.15) is 18.5 Å². The first kappa shape index (κ1) is 14.4. The van der Waals surface area contributed by atoms with Crippen LogP contribution in [0.15, 0.2) is 24.3 Å². The summed E-state index contributed by atoms with van der Waals surface area (Å²) in [5.74, 6) is 1.64. The van der Waals surface area contributed by atoms with Crippen LogP contribution in [0, 0.1) is 5.92 Å². The molecular weight excluding hydrogens is 238 g/mol. The van der Waals surface area contributed by atoms with Crippen LogP contribution in [0.3, 0.4) is 0 Å². The standard InChI is InChI=1S/C16H25NO2/c1-3-12-5-7-15(8-6-12)19-11-14(18)10-17-16-9-13(16)4-2/h5-8,13-14,16-18H,3-4,9-11H2,1-2H3. The average molecular weight is 263 g/mol. The number of benzene rings is 1. The van der Waals surface area contributed by atoms with Crippen molar-refractivity contribution >= 4 is 0 Å². The Morgan fingerprint density at radius 3 is 2.63 bits per heavy atom. The van der Waals surface area contributed by atoms with E-state index in [1.807, 2.05) is 12.1 Å². The molecular formula is C16H25NO2. The van der Waals surface area contributed by atoms with Gasteiger partial charge in [-0.2, -0.15) is 0 Å². The van der Waals surface area contributed by atoms with Gasteiger partial charge in [-0.25, -0.2) is 0 Å². The molecule has 0 aliphatic heterocycles. The minimum Gasteiger partial charge on any atom is -0.491 e. The summed E-state index contributed by atoms with van der Waals surface area (Å²) in [6, 6.07) is 8.68. The molecule has 1 saturated carbocycles. The van der Waals surface area contributed by atoms with Gasteiger partial charge in [0.2, 0.25) is 0 Å². The zero-order valence-electron chi connectivity index (χ0n) is 11.9. The van der Waals surface area contributed by atoms with Gasteiger partial charge in [0, 0.05) is 12.6 Å². The fraction of sp³-hybridized carbons (Fsp3) is 0.625. The molecule has 3 nitrogen and oxygen atoms in total. The Hall–Kier alpha value is -1.06. The molecule has 1 aromatic rings. The van der Waals surface area contributed by atoms with Crippen molar-refractivity contribution in [1.82, 2.24) is 5.32 Å². The molecule has 0 saturated heterocycles. The van der Waals surface area contributed by atoms with Crippen molar-refractivity contribution in [2.75, 3.05) is 13.2 Å². The second-order valence-electron chi connectivity index (χ2n) is 5.38. The maximum Gasteiger partial charge on any atom is 0.119 e. The highest BCUT2D eigenvalue weighted by molar-refractivity contribution is 5.27. The van der Waals surface area contributed by atoms with Crippen LogP contribution in [-0.4, -0.2) is 30.4 Å². The second-order valence-corrected chi connectivity index (χ2v) is 5.38. The van der Waals surface area contributed by atoms with Crippen LogP contribution in [0.2, 0.25) is 0 Å². The lowest BCUT2D eigenvalue weighted by atomic mass is 10.2. The van der Waals surface area contributed by atoms with E-state index in [-0.39, 0.29) is 0 Å². The molecule has 0 radical (unpaired) electrons. The summed E-state index contributed by atoms with van der Waals surface area (Å²) in [6.07, 6.45) is 3.08. The summed E-state index contributed by atoms with van der Waals surface area (Å²) in [5.41, 5.74) is 1.30. The first-order chi connectivity index (χ1) is 9.22. The van der Waals surface area contributed by atoms with Crippen LogP contribution in [0.25, 0.3) is 0 Å². The molecule has 2 N–H and O–H groups in total. The molecule has 1 aromatic carbocycles. The molecule has 3 unspecified atom stereocenters. The van der Waals surface area contributed by atoms with Crippen molar-refractivity contribution in [1.29, 1.82) is 0 Å². The van der Waals surface area contributed by atoms with E-state index in [1.54, 1.807) is 0 Å². The number of aryl methyl sites for hydroxylation is 1. The lowest BCUT2D eigenvalue weighted by Gasteiger charge is -2.13. The number of aliphatic hydroxyl groups excluding tert-OH is 1. The molecule has 0 bridgehead atoms. The van der Waals surface area contributed by atoms with Gasteiger partial charge in [0.05, 0.1) is 0 Å². The Balaban J connectivity index is 1.63. The highest BCUT2D eigenvalue weighted by Crippen LogP contribution is 2.32. The zero-order valence-corrected chi connectivity index (χ0v) is 11.9. The minimum absolute atomic E-state index is 0.349. The summed E-state index contributed by atoms with van der Waals surface area (Å²) in [6.45, 7) is 5.31. The van der Waals surface area contributed by atoms with Gasteiger partial charge in [0.15, 0.2) is 0 Å². The number of aliphatic hydroxyl groups is 1. The van der Waals surface area contributed by atoms with E-state index in [0.717, 1.165) is 18.1 Å². The van der Waals surface area contributed by atoms with E-state index < -0.39 is 6.10 Å². The highest BCUT2D eigenvalue weighted by Gasteiger charge is 2.34. The maximum atomic E-state index is 9.86. The van der Waals surface area contributed by atoms with Crippen LogP contribution in [0.1, 0.15) is 32.3 Å². The Labute approximate surface area is 116 Å². The third-order valence-corrected chi connectivity index (χ3v) is 3.84. The van der Waals surface area contributed by atoms with E-state index in [2.05, 4.69) is 31.3 Å². The molecule has 3 heteroatoms. The van der Waals surface area contributed by atoms with E-state index in [0.29, 0.717) is 19.2 Å². The largest absolute Gasteiger partial charge is 0.491 e. The molecule has 106 valence electrons. The molecule has 19 heavy (non-hydrogen) atoms. The quantitative estimate of drug-likeness (QED) is 0.756. The molecule has 2 rings (SSSR count). The summed E-state index contributed by atoms with van der Waals surface area (Å²) in [5, 5.41) is 13.2. The number of rotatable bonds is 8. The third-order valence-electron chi connectivity index (χ3n) is 3.84. The SMILES string of the molecule is CCc1ccc(OCC(O)CNC2CC2CC)cc1. The minimum atomic E-state index is -0.441. The number of nitrogens with one attached hydrogen (secondary N) is 1. The van der Waals surface area contributed by atoms with Crippen LogP contribution in [-0.2, 0) is 6.42 Å². The maximum absolute atomic E-state index is 9.86. The normalized spacial score (nSPS) is 23.1. The van der Waals surface area contributed by atoms with Crippen molar-refractivity contribution < 1.29 is 9.84 Å². The van der Waals surface area contributed by atoms with E-state index in [1.165, 1.54) is 18.4 Å². The van der Waals surface area contributed by atoms with E-state index in [4.69, 9.17) is 4.74 Å². The molecule has 1 aliphatic carbocycles. The van der Waals surface area contributed by atoms with Crippen molar-refractivity contribution in [3.8, 4) is 5.75 Å². The fourth-order valence-electron chi connectivity index (χ4n) is 2.31. The van der Waals surface area contributed by atoms with Gasteiger partial charge in [-0.3, -0.25) is 0 Å². The number of ether oxygens (including phenoxy) is 1. The van der Waals surface area contributed by atoms with Crippen LogP contribution < -0.4 is 10.1 Å². The Kier molecular flexibility index (Phi) is 5.23. The second kappa shape index (κ2) is 6.92. The molecule has 1 aliphatic rings. The van der Waals surface area contributed by atoms with Crippen molar-refractivity contribution in [3.63, 3.8) is 0 Å². The van der Waals surface area contributed by atoms with Crippen LogP contribution in [0.4, 0.5) is 0 Å². The third kappa shape index (κ3) is 4.51. The fourth-order valence-corrected chi connectivity index (χ4v) is 2.31. The zero-order chi connectivity index (χ0) is 13.7. The summed E-state index contributed by atoms with van der Waals surface area (Å²) >= 11 is 0. The van der Waals surface area contributed by atoms with Gasteiger partial charge in [-0.1, -0.05) is 32.4 Å². The van der Waals surface area contributed by atoms with Crippen LogP contribution >= 0.6 is 0 Å². The number of hydrogen-bond acceptors (Lipinski definition) is 3. The molecule has 0 spiro atoms. The lowest BCUT2D eigenvalue weighted by Crippen LogP contribution is -2.33. The average Bonchev–Trinajstić information content (AvgIpc) is 3.22. The predicted octanol–water partition coefficient (Wildman–Crippen LogP) is 2.38. The van der Waals surface area contributed by atoms with E-state index >= 15 is 0 Å². The van der Waals surface area contributed by atoms with Crippen molar-refractivity contribution in [2.24, 2.45) is 5.92 Å². The summed E-state index contributed by atoms with van der Waals surface area (Å²) in [7, 11) is 0. The summed E-state index contributed by atoms with van der Waals surface area (Å²) < 4.78 is 5.58. The predicted molar refractivity (Wildman–Crippen MR) is 77.5 cm³/mol. The first-order valence-corrected chi connectivity index (χ1v) is 7.36. The van der Waals surface area contributed by atoms with Gasteiger partial charge in [-0.15, -0.1) is 0 Å². The van der Waals surface area contributed by atoms with Crippen molar-refractivity contribution in [3.05, 3.63) is 29.8 Å². The molecule has 1 fully saturated rings. The van der Waals surface area contributed by atoms with Gasteiger partial charge >= 0.3 is 0 Å². The molecule has 0 heterocycles. The molecule has 0 aromatic heterocycles. The van der Waals surface area contributed by atoms with Gasteiger partial charge in [0.25, 0.3) is 0 Å². The summed E-state index contributed by atoms with van der Waals surface area (Å²) in [4.78, 5) is 0. The topological polar surface area (TPSA) is 41.5 Å². The number of hydrogen-bond donors (Lipinski definition) is 2. The Morgan fingerprint density at radius 1 is 1.32 bits per heavy atom. The highest BCUT2D eigenvalue weighted by atomic mass is 16.5. The lowest BCUT2D eigenvalue weighted by molar-refractivity contribution is 0.106. The smallest absolute Gasteiger partial charge is 0.119 e. The van der Waals surface area contributed by atoms with Gasteiger partial charge < -0.3 is 15.2 Å². The Morgan fingerprint density at radius 2 is 2.05 bits per heavy atom. The van der Waals surface area contributed by atoms with Crippen molar-refractivity contribution in [2.45, 2.75) is 45.3 Å². The molecule has 0 amide bonds. The van der Waals surface area contributed by atoms with E-state index in [9.17, 15) is 5.11 Å². The monoisotopic (exact) mass is 263 g/mol. The Bertz CT molecular complexity index is 377. The van der Waals surface area contributed by atoms with Gasteiger partial charge in [-0.05, 0) is 36.5 Å². The molecule has 3 atom stereocenters.